The van der Waals surface area contributed by atoms with E-state index >= 15 is 0 Å². The zero-order valence-electron chi connectivity index (χ0n) is 13.6. The molecule has 0 radical (unpaired) electrons. The van der Waals surface area contributed by atoms with E-state index < -0.39 is 35.9 Å². The summed E-state index contributed by atoms with van der Waals surface area (Å²) < 4.78 is 45.2. The molecule has 28 heavy (non-hydrogen) atoms. The van der Waals surface area contributed by atoms with Gasteiger partial charge in [0.2, 0.25) is 0 Å². The summed E-state index contributed by atoms with van der Waals surface area (Å²) in [5.74, 6) is -1.83. The van der Waals surface area contributed by atoms with Crippen molar-refractivity contribution in [3.05, 3.63) is 51.4 Å². The predicted octanol–water partition coefficient (Wildman–Crippen LogP) is 3.19. The first-order valence-electron chi connectivity index (χ1n) is 7.41. The fraction of sp³-hybridized carbons (Fsp3) is 0.133. The van der Waals surface area contributed by atoms with Gasteiger partial charge in [0, 0.05) is 0 Å². The van der Waals surface area contributed by atoms with Gasteiger partial charge in [-0.15, -0.1) is 16.4 Å². The number of esters is 1. The number of tetrazole rings is 1. The van der Waals surface area contributed by atoms with E-state index in [1.807, 2.05) is 5.32 Å². The molecule has 0 bridgehead atoms. The highest BCUT2D eigenvalue weighted by atomic mass is 35.5. The number of carbonyl (C=O) groups excluding carboxylic acids is 2. The zero-order chi connectivity index (χ0) is 20.3. The number of amides is 1. The van der Waals surface area contributed by atoms with Gasteiger partial charge >= 0.3 is 12.1 Å². The molecule has 3 rings (SSSR count). The summed E-state index contributed by atoms with van der Waals surface area (Å²) in [6.07, 6.45) is -3.45. The molecule has 0 saturated heterocycles. The van der Waals surface area contributed by atoms with Gasteiger partial charge in [-0.05, 0) is 34.0 Å². The average Bonchev–Trinajstić information content (AvgIpc) is 3.31. The Hall–Kier alpha value is -2.99. The van der Waals surface area contributed by atoms with Crippen LogP contribution in [0.2, 0.25) is 5.02 Å². The van der Waals surface area contributed by atoms with E-state index in [2.05, 4.69) is 15.5 Å². The van der Waals surface area contributed by atoms with Crippen LogP contribution in [0.15, 0.2) is 36.0 Å². The molecule has 0 unspecified atom stereocenters. The van der Waals surface area contributed by atoms with Crippen molar-refractivity contribution >= 4 is 40.5 Å². The summed E-state index contributed by atoms with van der Waals surface area (Å²) in [5.41, 5.74) is -1.38. The van der Waals surface area contributed by atoms with E-state index in [1.165, 1.54) is 17.1 Å². The second-order valence-corrected chi connectivity index (χ2v) is 6.50. The molecule has 2 aromatic heterocycles. The number of anilines is 1. The number of nitrogens with one attached hydrogen (secondary N) is 1. The molecule has 3 aromatic rings. The first-order valence-corrected chi connectivity index (χ1v) is 8.66. The second kappa shape index (κ2) is 7.94. The Kier molecular flexibility index (Phi) is 5.61. The SMILES string of the molecule is O=C(COC(=O)c1sccc1-n1cnnn1)Nc1c(Cl)cccc1C(F)(F)F. The fourth-order valence-electron chi connectivity index (χ4n) is 2.17. The summed E-state index contributed by atoms with van der Waals surface area (Å²) >= 11 is 6.79. The van der Waals surface area contributed by atoms with Crippen LogP contribution in [-0.2, 0) is 15.7 Å². The van der Waals surface area contributed by atoms with Crippen LogP contribution in [0.3, 0.4) is 0 Å². The number of benzene rings is 1. The molecule has 0 aliphatic carbocycles. The van der Waals surface area contributed by atoms with Gasteiger partial charge in [0.1, 0.15) is 11.2 Å². The predicted molar refractivity (Wildman–Crippen MR) is 92.4 cm³/mol. The van der Waals surface area contributed by atoms with Gasteiger partial charge in [0.05, 0.1) is 22.0 Å². The number of halogens is 4. The number of para-hydroxylation sites is 1. The molecule has 2 heterocycles. The molecule has 8 nitrogen and oxygen atoms in total. The van der Waals surface area contributed by atoms with Crippen LogP contribution in [0.1, 0.15) is 15.2 Å². The van der Waals surface area contributed by atoms with E-state index in [-0.39, 0.29) is 9.90 Å². The number of rotatable bonds is 5. The lowest BCUT2D eigenvalue weighted by atomic mass is 10.1. The summed E-state index contributed by atoms with van der Waals surface area (Å²) in [6, 6.07) is 4.65. The lowest BCUT2D eigenvalue weighted by Crippen LogP contribution is -2.23. The van der Waals surface area contributed by atoms with Crippen molar-refractivity contribution in [3.63, 3.8) is 0 Å². The molecular formula is C15H9ClF3N5O3S. The molecule has 0 aliphatic rings. The monoisotopic (exact) mass is 431 g/mol. The molecule has 1 N–H and O–H groups in total. The number of nitrogens with zero attached hydrogens (tertiary/aromatic N) is 4. The number of thiophene rings is 1. The maximum absolute atomic E-state index is 13.0. The van der Waals surface area contributed by atoms with Gasteiger partial charge in [-0.1, -0.05) is 17.7 Å². The molecule has 0 spiro atoms. The fourth-order valence-corrected chi connectivity index (χ4v) is 3.16. The summed E-state index contributed by atoms with van der Waals surface area (Å²) in [4.78, 5) is 24.3. The highest BCUT2D eigenvalue weighted by Crippen LogP contribution is 2.38. The third-order valence-corrected chi connectivity index (χ3v) is 4.54. The quantitative estimate of drug-likeness (QED) is 0.623. The third kappa shape index (κ3) is 4.28. The molecule has 1 aromatic carbocycles. The Morgan fingerprint density at radius 2 is 2.07 bits per heavy atom. The molecule has 1 amide bonds. The minimum absolute atomic E-state index is 0.119. The Morgan fingerprint density at radius 3 is 2.75 bits per heavy atom. The number of hydrogen-bond acceptors (Lipinski definition) is 7. The van der Waals surface area contributed by atoms with Gasteiger partial charge in [-0.25, -0.2) is 4.79 Å². The van der Waals surface area contributed by atoms with Crippen molar-refractivity contribution in [2.45, 2.75) is 6.18 Å². The number of hydrogen-bond donors (Lipinski definition) is 1. The van der Waals surface area contributed by atoms with Crippen LogP contribution >= 0.6 is 22.9 Å². The number of aromatic nitrogens is 4. The van der Waals surface area contributed by atoms with Crippen molar-refractivity contribution in [2.75, 3.05) is 11.9 Å². The highest BCUT2D eigenvalue weighted by Gasteiger charge is 2.34. The van der Waals surface area contributed by atoms with Crippen molar-refractivity contribution in [3.8, 4) is 5.69 Å². The lowest BCUT2D eigenvalue weighted by molar-refractivity contribution is -0.137. The van der Waals surface area contributed by atoms with Crippen LogP contribution in [0, 0.1) is 0 Å². The van der Waals surface area contributed by atoms with Crippen LogP contribution in [0.25, 0.3) is 5.69 Å². The van der Waals surface area contributed by atoms with Gasteiger partial charge in [0.15, 0.2) is 6.61 Å². The Balaban J connectivity index is 1.68. The Morgan fingerprint density at radius 1 is 1.29 bits per heavy atom. The van der Waals surface area contributed by atoms with Crippen molar-refractivity contribution < 1.29 is 27.5 Å². The molecule has 0 aliphatic heterocycles. The number of alkyl halides is 3. The van der Waals surface area contributed by atoms with Gasteiger partial charge < -0.3 is 10.1 Å². The van der Waals surface area contributed by atoms with Crippen LogP contribution in [0.4, 0.5) is 18.9 Å². The average molecular weight is 432 g/mol. The molecule has 146 valence electrons. The first-order chi connectivity index (χ1) is 13.3. The van der Waals surface area contributed by atoms with E-state index in [9.17, 15) is 22.8 Å². The van der Waals surface area contributed by atoms with Crippen molar-refractivity contribution in [2.24, 2.45) is 0 Å². The standard InChI is InChI=1S/C15H9ClF3N5O3S/c16-9-3-1-2-8(15(17,18)19)12(9)21-11(25)6-27-14(26)13-10(4-5-28-13)24-7-20-22-23-24/h1-5,7H,6H2,(H,21,25). The van der Waals surface area contributed by atoms with Crippen molar-refractivity contribution in [1.29, 1.82) is 0 Å². The smallest absolute Gasteiger partial charge is 0.418 e. The molecule has 13 heteroatoms. The molecule has 0 atom stereocenters. The highest BCUT2D eigenvalue weighted by molar-refractivity contribution is 7.12. The van der Waals surface area contributed by atoms with Gasteiger partial charge in [-0.2, -0.15) is 17.9 Å². The second-order valence-electron chi connectivity index (χ2n) is 5.17. The van der Waals surface area contributed by atoms with Crippen LogP contribution in [-0.4, -0.2) is 38.7 Å². The van der Waals surface area contributed by atoms with Crippen LogP contribution < -0.4 is 5.32 Å². The van der Waals surface area contributed by atoms with Crippen LogP contribution in [0.5, 0.6) is 0 Å². The van der Waals surface area contributed by atoms with E-state index in [1.54, 1.807) is 11.4 Å². The van der Waals surface area contributed by atoms with E-state index in [4.69, 9.17) is 16.3 Å². The van der Waals surface area contributed by atoms with E-state index in [0.717, 1.165) is 23.5 Å². The van der Waals surface area contributed by atoms with Gasteiger partial charge in [0.25, 0.3) is 5.91 Å². The van der Waals surface area contributed by atoms with Crippen molar-refractivity contribution in [1.82, 2.24) is 20.2 Å². The maximum Gasteiger partial charge on any atom is 0.418 e. The molecule has 0 saturated carbocycles. The summed E-state index contributed by atoms with van der Waals surface area (Å²) in [7, 11) is 0. The first kappa shape index (κ1) is 19.8. The zero-order valence-corrected chi connectivity index (χ0v) is 15.2. The summed E-state index contributed by atoms with van der Waals surface area (Å²) in [5, 5.41) is 13.9. The normalized spacial score (nSPS) is 11.3. The lowest BCUT2D eigenvalue weighted by Gasteiger charge is -2.15. The Labute approximate surface area is 163 Å². The molecular weight excluding hydrogens is 423 g/mol. The largest absolute Gasteiger partial charge is 0.451 e. The molecule has 0 fully saturated rings. The minimum atomic E-state index is -4.72. The third-order valence-electron chi connectivity index (χ3n) is 3.34. The maximum atomic E-state index is 13.0. The summed E-state index contributed by atoms with van der Waals surface area (Å²) in [6.45, 7) is -0.811. The van der Waals surface area contributed by atoms with E-state index in [0.29, 0.717) is 5.69 Å². The minimum Gasteiger partial charge on any atom is -0.451 e. The number of carbonyl (C=O) groups is 2. The topological polar surface area (TPSA) is 99.0 Å². The number of ether oxygens (including phenoxy) is 1. The van der Waals surface area contributed by atoms with Gasteiger partial charge in [-0.3, -0.25) is 4.79 Å². The Bertz CT molecular complexity index is 1010.